The van der Waals surface area contributed by atoms with Crippen LogP contribution in [0.2, 0.25) is 0 Å². The van der Waals surface area contributed by atoms with Gasteiger partial charge in [-0.1, -0.05) is 144 Å². The molecule has 0 bridgehead atoms. The molecule has 1 aliphatic heterocycles. The number of nitrogens with two attached hydrogens (primary N) is 2. The number of aromatic hydroxyl groups is 1. The zero-order chi connectivity index (χ0) is 57.0. The van der Waals surface area contributed by atoms with Gasteiger partial charge in [-0.05, 0) is 77.9 Å². The van der Waals surface area contributed by atoms with Crippen molar-refractivity contribution in [2.24, 2.45) is 11.5 Å². The van der Waals surface area contributed by atoms with Crippen LogP contribution in [-0.2, 0) is 57.6 Å². The zero-order valence-electron chi connectivity index (χ0n) is 43.8. The predicted molar refractivity (Wildman–Crippen MR) is 303 cm³/mol. The lowest BCUT2D eigenvalue weighted by Gasteiger charge is -2.31. The average Bonchev–Trinajstić information content (AvgIpc) is 3.46. The molecule has 10 atom stereocenters. The largest absolute Gasteiger partial charge is 0.508 e. The quantitative estimate of drug-likeness (QED) is 0.0560. The first kappa shape index (κ1) is 60.7. The van der Waals surface area contributed by atoms with Crippen LogP contribution in [0.5, 0.6) is 5.75 Å². The van der Waals surface area contributed by atoms with Gasteiger partial charge in [-0.3, -0.25) is 33.6 Å². The van der Waals surface area contributed by atoms with Gasteiger partial charge in [-0.2, -0.15) is 0 Å². The first-order valence-electron chi connectivity index (χ1n) is 26.0. The Morgan fingerprint density at radius 2 is 1.01 bits per heavy atom. The Balaban J connectivity index is 1.42. The minimum absolute atomic E-state index is 0.0163. The summed E-state index contributed by atoms with van der Waals surface area (Å²) in [7, 11) is 2.04. The van der Waals surface area contributed by atoms with Crippen molar-refractivity contribution in [1.82, 2.24) is 37.2 Å². The number of aliphatic carboxylic acids is 1. The van der Waals surface area contributed by atoms with E-state index in [2.05, 4.69) is 37.2 Å². The van der Waals surface area contributed by atoms with Gasteiger partial charge in [0.1, 0.15) is 48.0 Å². The normalized spacial score (nSPS) is 23.6. The summed E-state index contributed by atoms with van der Waals surface area (Å²) in [6.07, 6.45) is -1.18. The third-order valence-electron chi connectivity index (χ3n) is 13.4. The number of hydrogen-bond acceptors (Lipinski definition) is 14. The Hall–Kier alpha value is -7.50. The molecule has 79 heavy (non-hydrogen) atoms. The van der Waals surface area contributed by atoms with E-state index in [-0.39, 0.29) is 49.5 Å². The smallest absolute Gasteiger partial charge is 0.327 e. The van der Waals surface area contributed by atoms with Gasteiger partial charge in [0.15, 0.2) is 0 Å². The van der Waals surface area contributed by atoms with Gasteiger partial charge in [0, 0.05) is 36.7 Å². The van der Waals surface area contributed by atoms with Crippen molar-refractivity contribution in [2.75, 3.05) is 18.1 Å². The number of fused-ring (bicyclic) bond motifs is 1. The summed E-state index contributed by atoms with van der Waals surface area (Å²) in [6, 6.07) is 24.9. The van der Waals surface area contributed by atoms with Gasteiger partial charge in [-0.25, -0.2) is 4.79 Å². The highest BCUT2D eigenvalue weighted by atomic mass is 33.1. The summed E-state index contributed by atoms with van der Waals surface area (Å²) >= 11 is 0. The number of carbonyl (C=O) groups is 8. The summed E-state index contributed by atoms with van der Waals surface area (Å²) in [4.78, 5) is 114. The van der Waals surface area contributed by atoms with Crippen LogP contribution in [0.15, 0.2) is 127 Å². The van der Waals surface area contributed by atoms with Crippen LogP contribution in [0, 0.1) is 0 Å². The number of unbranched alkanes of at least 4 members (excludes halogenated alkanes) is 1. The van der Waals surface area contributed by atoms with Gasteiger partial charge in [-0.15, -0.1) is 0 Å². The number of hydrogen-bond donors (Lipinski definition) is 12. The topological polar surface area (TPSA) is 333 Å². The maximum Gasteiger partial charge on any atom is 0.327 e. The maximum absolute atomic E-state index is 15.1. The summed E-state index contributed by atoms with van der Waals surface area (Å²) in [5.41, 5.74) is 14.6. The molecule has 5 aromatic rings. The Kier molecular flexibility index (Phi) is 23.1. The molecule has 0 radical (unpaired) electrons. The van der Waals surface area contributed by atoms with Crippen LogP contribution in [0.3, 0.4) is 0 Å². The highest BCUT2D eigenvalue weighted by molar-refractivity contribution is 8.76. The molecule has 7 amide bonds. The van der Waals surface area contributed by atoms with Crippen LogP contribution in [-0.4, -0.2) is 135 Å². The van der Waals surface area contributed by atoms with Crippen molar-refractivity contribution in [3.8, 4) is 5.75 Å². The molecule has 0 aromatic heterocycles. The highest BCUT2D eigenvalue weighted by Crippen LogP contribution is 2.26. The van der Waals surface area contributed by atoms with Crippen LogP contribution >= 0.6 is 21.6 Å². The SMILES string of the molecule is C[C@@H](O)[C@@H]1NC(=O)[C@H](CCCCN)NC(=O)[C@@H]([C@@H](C)c2ccc3ccccc3c2)NC(=O)[C@H](Cc2ccc(O)cc2)NC(=O)[C@H](Cc2ccccc2)NC(=O)[C@@H](N)CSSC[C@@H](C(=O)O)NC(=O)[C@H](Cc2ccccc2)NC1=O. The fourth-order valence-electron chi connectivity index (χ4n) is 8.81. The summed E-state index contributed by atoms with van der Waals surface area (Å²) in [5.74, 6) is -8.54. The van der Waals surface area contributed by atoms with Crippen molar-refractivity contribution in [2.45, 2.75) is 113 Å². The third kappa shape index (κ3) is 18.3. The molecule has 0 saturated carbocycles. The van der Waals surface area contributed by atoms with E-state index in [1.807, 2.05) is 36.4 Å². The minimum Gasteiger partial charge on any atom is -0.508 e. The number of carbonyl (C=O) groups excluding carboxylic acids is 7. The van der Waals surface area contributed by atoms with Crippen molar-refractivity contribution < 1.29 is 53.7 Å². The van der Waals surface area contributed by atoms with E-state index in [1.54, 1.807) is 85.8 Å². The molecule has 0 aliphatic carbocycles. The molecule has 1 aliphatic rings. The van der Waals surface area contributed by atoms with Gasteiger partial charge >= 0.3 is 5.97 Å². The zero-order valence-corrected chi connectivity index (χ0v) is 45.5. The molecular formula is C57H69N9O11S2. The second kappa shape index (κ2) is 30.0. The maximum atomic E-state index is 15.1. The molecule has 6 rings (SSSR count). The molecule has 22 heteroatoms. The number of aliphatic hydroxyl groups is 1. The fraction of sp³-hybridized carbons (Fsp3) is 0.368. The Labute approximate surface area is 466 Å². The number of carboxylic acid groups (broad SMARTS) is 1. The summed E-state index contributed by atoms with van der Waals surface area (Å²) < 4.78 is 0. The van der Waals surface area contributed by atoms with Crippen LogP contribution in [0.25, 0.3) is 10.8 Å². The van der Waals surface area contributed by atoms with E-state index in [4.69, 9.17) is 11.5 Å². The Morgan fingerprint density at radius 3 is 1.59 bits per heavy atom. The minimum atomic E-state index is -1.71. The number of nitrogens with one attached hydrogen (secondary N) is 7. The number of benzene rings is 5. The van der Waals surface area contributed by atoms with E-state index >= 15 is 9.59 Å². The number of aliphatic hydroxyl groups excluding tert-OH is 1. The second-order valence-electron chi connectivity index (χ2n) is 19.5. The lowest BCUT2D eigenvalue weighted by atomic mass is 9.90. The summed E-state index contributed by atoms with van der Waals surface area (Å²) in [6.45, 7) is 3.20. The fourth-order valence-corrected chi connectivity index (χ4v) is 11.1. The molecule has 0 spiro atoms. The number of rotatable bonds is 14. The summed E-state index contributed by atoms with van der Waals surface area (Å²) in [5, 5.41) is 52.0. The lowest BCUT2D eigenvalue weighted by molar-refractivity contribution is -0.141. The van der Waals surface area contributed by atoms with Crippen LogP contribution in [0.4, 0.5) is 0 Å². The lowest BCUT2D eigenvalue weighted by Crippen LogP contribution is -2.62. The van der Waals surface area contributed by atoms with Gasteiger partial charge in [0.2, 0.25) is 41.4 Å². The number of phenols is 1. The molecule has 5 aromatic carbocycles. The highest BCUT2D eigenvalue weighted by Gasteiger charge is 2.38. The standard InChI is InChI=1S/C57H69N9O11S2/c1-33(39-23-22-38-17-9-10-18-40(38)30-39)48-55(74)60-43(19-11-12-26-58)51(70)66-49(34(2)67)56(75)63-45(28-36-15-7-4-8-16-36)53(72)64-47(57(76)77)32-79-78-31-42(59)50(69)61-44(27-35-13-5-3-6-14-35)52(71)62-46(54(73)65-48)29-37-20-24-41(68)25-21-37/h3-10,13-18,20-25,30,33-34,42-49,67-68H,11-12,19,26-29,31-32,58-59H2,1-2H3,(H,60,74)(H,61,69)(H,62,71)(H,63,75)(H,64,72)(H,65,73)(H,66,70)(H,76,77)/t33-,34+,42-,43-,44-,45-,46-,47-,48+,49-/m0/s1. The Morgan fingerprint density at radius 1 is 0.544 bits per heavy atom. The Bertz CT molecular complexity index is 2890. The molecule has 1 saturated heterocycles. The molecular weight excluding hydrogens is 1050 g/mol. The molecule has 1 fully saturated rings. The monoisotopic (exact) mass is 1120 g/mol. The van der Waals surface area contributed by atoms with Crippen molar-refractivity contribution in [3.05, 3.63) is 150 Å². The number of carboxylic acids is 1. The number of phenolic OH excluding ortho intramolecular Hbond substituents is 1. The number of amides is 7. The van der Waals surface area contributed by atoms with Gasteiger partial charge < -0.3 is 64.0 Å². The van der Waals surface area contributed by atoms with Crippen molar-refractivity contribution >= 4 is 79.7 Å². The first-order valence-corrected chi connectivity index (χ1v) is 28.5. The van der Waals surface area contributed by atoms with E-state index in [0.29, 0.717) is 35.1 Å². The van der Waals surface area contributed by atoms with E-state index in [9.17, 15) is 44.1 Å². The molecule has 420 valence electrons. The second-order valence-corrected chi connectivity index (χ2v) is 22.0. The molecule has 1 heterocycles. The van der Waals surface area contributed by atoms with Crippen molar-refractivity contribution in [3.63, 3.8) is 0 Å². The van der Waals surface area contributed by atoms with E-state index in [1.165, 1.54) is 19.1 Å². The molecule has 20 nitrogen and oxygen atoms in total. The molecule has 0 unspecified atom stereocenters. The van der Waals surface area contributed by atoms with Gasteiger partial charge in [0.25, 0.3) is 0 Å². The van der Waals surface area contributed by atoms with Gasteiger partial charge in [0.05, 0.1) is 12.1 Å². The van der Waals surface area contributed by atoms with Crippen LogP contribution in [0.1, 0.15) is 61.3 Å². The first-order chi connectivity index (χ1) is 37.9. The van der Waals surface area contributed by atoms with E-state index < -0.39 is 108 Å². The van der Waals surface area contributed by atoms with Crippen LogP contribution < -0.4 is 48.7 Å². The third-order valence-corrected chi connectivity index (χ3v) is 15.8. The average molecular weight is 1120 g/mol. The van der Waals surface area contributed by atoms with Crippen molar-refractivity contribution in [1.29, 1.82) is 0 Å². The molecule has 14 N–H and O–H groups in total. The predicted octanol–water partition coefficient (Wildman–Crippen LogP) is 2.09. The van der Waals surface area contributed by atoms with E-state index in [0.717, 1.165) is 32.4 Å².